The third kappa shape index (κ3) is 6.07. The Morgan fingerprint density at radius 1 is 1.11 bits per heavy atom. The molecule has 2 aromatic carbocycles. The first-order valence-electron chi connectivity index (χ1n) is 13.1. The smallest absolute Gasteiger partial charge is 0.224 e. The summed E-state index contributed by atoms with van der Waals surface area (Å²) in [5, 5.41) is 9.77. The number of hydrogen-bond acceptors (Lipinski definition) is 6. The molecule has 0 radical (unpaired) electrons. The van der Waals surface area contributed by atoms with Crippen molar-refractivity contribution in [3.63, 3.8) is 0 Å². The molecule has 7 heteroatoms. The molecule has 36 heavy (non-hydrogen) atoms. The number of nitrogens with one attached hydrogen (secondary N) is 1. The predicted octanol–water partition coefficient (Wildman–Crippen LogP) is 5.57. The molecule has 1 aliphatic carbocycles. The summed E-state index contributed by atoms with van der Waals surface area (Å²) in [6, 6.07) is 13.5. The topological polar surface area (TPSA) is 80.2 Å². The van der Waals surface area contributed by atoms with Crippen molar-refractivity contribution in [2.24, 2.45) is 11.0 Å². The van der Waals surface area contributed by atoms with Crippen molar-refractivity contribution in [1.29, 1.82) is 0 Å². The zero-order valence-corrected chi connectivity index (χ0v) is 21.5. The van der Waals surface area contributed by atoms with Crippen molar-refractivity contribution in [2.75, 3.05) is 12.4 Å². The minimum Gasteiger partial charge on any atom is -0.493 e. The zero-order valence-electron chi connectivity index (χ0n) is 21.5. The molecule has 1 amide bonds. The lowest BCUT2D eigenvalue weighted by Gasteiger charge is -2.35. The number of anilines is 1. The highest BCUT2D eigenvalue weighted by Gasteiger charge is 2.31. The summed E-state index contributed by atoms with van der Waals surface area (Å²) in [6.07, 6.45) is 7.82. The second-order valence-electron chi connectivity index (χ2n) is 9.62. The number of amides is 1. The molecule has 1 heterocycles. The lowest BCUT2D eigenvalue weighted by molar-refractivity contribution is -0.116. The van der Waals surface area contributed by atoms with Crippen LogP contribution in [-0.2, 0) is 16.1 Å². The van der Waals surface area contributed by atoms with E-state index in [0.29, 0.717) is 19.4 Å². The first kappa shape index (κ1) is 25.7. The van der Waals surface area contributed by atoms with Gasteiger partial charge in [0.05, 0.1) is 25.5 Å². The molecule has 1 aliphatic heterocycles. The Morgan fingerprint density at radius 2 is 1.86 bits per heavy atom. The Kier molecular flexibility index (Phi) is 8.62. The zero-order chi connectivity index (χ0) is 25.5. The molecule has 0 aromatic heterocycles. The summed E-state index contributed by atoms with van der Waals surface area (Å²) in [5.41, 5.74) is 3.76. The third-order valence-electron chi connectivity index (χ3n) is 7.14. The highest BCUT2D eigenvalue weighted by molar-refractivity contribution is 6.03. The van der Waals surface area contributed by atoms with Crippen molar-refractivity contribution in [3.8, 4) is 11.5 Å². The molecule has 0 spiro atoms. The van der Waals surface area contributed by atoms with Gasteiger partial charge in [0.25, 0.3) is 0 Å². The van der Waals surface area contributed by atoms with E-state index in [-0.39, 0.29) is 24.0 Å². The van der Waals surface area contributed by atoms with E-state index in [1.54, 1.807) is 7.11 Å². The Balaban J connectivity index is 1.60. The lowest BCUT2D eigenvalue weighted by Crippen LogP contribution is -2.41. The van der Waals surface area contributed by atoms with Crippen LogP contribution < -0.4 is 14.8 Å². The molecule has 1 fully saturated rings. The number of nitrogens with zero attached hydrogens (tertiary/aromatic N) is 2. The molecule has 7 nitrogen and oxygen atoms in total. The van der Waals surface area contributed by atoms with Gasteiger partial charge in [-0.15, -0.1) is 0 Å². The van der Waals surface area contributed by atoms with E-state index < -0.39 is 0 Å². The number of aldehydes is 1. The first-order valence-corrected chi connectivity index (χ1v) is 13.1. The summed E-state index contributed by atoms with van der Waals surface area (Å²) in [6.45, 7) is 4.47. The van der Waals surface area contributed by atoms with Crippen LogP contribution in [0.1, 0.15) is 69.9 Å². The van der Waals surface area contributed by atoms with Crippen LogP contribution in [0.4, 0.5) is 5.69 Å². The van der Waals surface area contributed by atoms with E-state index in [1.165, 1.54) is 12.8 Å². The van der Waals surface area contributed by atoms with Crippen LogP contribution >= 0.6 is 0 Å². The first-order chi connectivity index (χ1) is 17.5. The summed E-state index contributed by atoms with van der Waals surface area (Å²) in [7, 11) is 1.67. The van der Waals surface area contributed by atoms with Crippen LogP contribution in [0.3, 0.4) is 0 Å². The molecule has 0 bridgehead atoms. The molecule has 2 aromatic rings. The molecule has 0 saturated heterocycles. The molecular weight excluding hydrogens is 454 g/mol. The maximum atomic E-state index is 12.0. The van der Waals surface area contributed by atoms with Crippen LogP contribution in [0.5, 0.6) is 11.5 Å². The minimum absolute atomic E-state index is 0.0181. The van der Waals surface area contributed by atoms with Crippen molar-refractivity contribution < 1.29 is 19.1 Å². The van der Waals surface area contributed by atoms with Gasteiger partial charge in [0.15, 0.2) is 11.5 Å². The summed E-state index contributed by atoms with van der Waals surface area (Å²) >= 11 is 0. The standard InChI is InChI=1S/C29H37N3O4/c1-4-21-16-24(19-33)32(18-20-10-13-23(14-11-20)30-28(34)5-2)31-29(21)22-12-15-26(35-3)27(17-22)36-25-8-6-7-9-25/h10-15,17,19,21,24-25H,4-9,16,18H2,1-3H3,(H,30,34). The third-order valence-corrected chi connectivity index (χ3v) is 7.14. The minimum atomic E-state index is -0.286. The van der Waals surface area contributed by atoms with Gasteiger partial charge in [-0.2, -0.15) is 5.10 Å². The van der Waals surface area contributed by atoms with E-state index in [1.807, 2.05) is 54.4 Å². The van der Waals surface area contributed by atoms with E-state index in [0.717, 1.165) is 59.6 Å². The maximum absolute atomic E-state index is 12.0. The molecule has 2 atom stereocenters. The monoisotopic (exact) mass is 491 g/mol. The van der Waals surface area contributed by atoms with Crippen molar-refractivity contribution in [2.45, 2.75) is 77.5 Å². The van der Waals surface area contributed by atoms with Gasteiger partial charge in [0.2, 0.25) is 5.91 Å². The molecule has 192 valence electrons. The summed E-state index contributed by atoms with van der Waals surface area (Å²) < 4.78 is 11.9. The van der Waals surface area contributed by atoms with Crippen molar-refractivity contribution in [1.82, 2.24) is 5.01 Å². The van der Waals surface area contributed by atoms with Gasteiger partial charge < -0.3 is 19.6 Å². The Morgan fingerprint density at radius 3 is 2.50 bits per heavy atom. The van der Waals surface area contributed by atoms with Crippen molar-refractivity contribution >= 4 is 23.6 Å². The van der Waals surface area contributed by atoms with Gasteiger partial charge in [0, 0.05) is 23.6 Å². The fourth-order valence-electron chi connectivity index (χ4n) is 4.99. The fourth-order valence-corrected chi connectivity index (χ4v) is 4.99. The average molecular weight is 492 g/mol. The molecule has 4 rings (SSSR count). The highest BCUT2D eigenvalue weighted by atomic mass is 16.5. The van der Waals surface area contributed by atoms with Crippen molar-refractivity contribution in [3.05, 3.63) is 53.6 Å². The van der Waals surface area contributed by atoms with Crippen LogP contribution in [0.25, 0.3) is 0 Å². The number of hydrazone groups is 1. The van der Waals surface area contributed by atoms with Crippen LogP contribution in [0, 0.1) is 5.92 Å². The van der Waals surface area contributed by atoms with Gasteiger partial charge in [-0.3, -0.25) is 9.80 Å². The number of methoxy groups -OCH3 is 1. The van der Waals surface area contributed by atoms with Gasteiger partial charge in [-0.05, 0) is 74.4 Å². The summed E-state index contributed by atoms with van der Waals surface area (Å²) in [5.74, 6) is 1.65. The van der Waals surface area contributed by atoms with Crippen LogP contribution in [0.15, 0.2) is 47.6 Å². The number of hydrogen-bond donors (Lipinski definition) is 1. The second kappa shape index (κ2) is 12.1. The number of benzene rings is 2. The van der Waals surface area contributed by atoms with E-state index in [9.17, 15) is 9.59 Å². The number of ether oxygens (including phenoxy) is 2. The lowest BCUT2D eigenvalue weighted by atomic mass is 9.87. The largest absolute Gasteiger partial charge is 0.493 e. The molecular formula is C29H37N3O4. The normalized spacial score (nSPS) is 20.1. The fraction of sp³-hybridized carbons (Fsp3) is 0.483. The highest BCUT2D eigenvalue weighted by Crippen LogP contribution is 2.35. The average Bonchev–Trinajstić information content (AvgIpc) is 3.42. The number of carbonyl (C=O) groups excluding carboxylic acids is 2. The summed E-state index contributed by atoms with van der Waals surface area (Å²) in [4.78, 5) is 23.7. The Bertz CT molecular complexity index is 1080. The van der Waals surface area contributed by atoms with Gasteiger partial charge in [-0.25, -0.2) is 0 Å². The van der Waals surface area contributed by atoms with Gasteiger partial charge in [-0.1, -0.05) is 26.0 Å². The number of rotatable bonds is 10. The molecule has 2 aliphatic rings. The quantitative estimate of drug-likeness (QED) is 0.440. The predicted molar refractivity (Wildman–Crippen MR) is 142 cm³/mol. The molecule has 1 saturated carbocycles. The second-order valence-corrected chi connectivity index (χ2v) is 9.62. The van der Waals surface area contributed by atoms with E-state index in [2.05, 4.69) is 12.2 Å². The van der Waals surface area contributed by atoms with E-state index >= 15 is 0 Å². The SMILES string of the molecule is CCC(=O)Nc1ccc(CN2N=C(c3ccc(OC)c(OC4CCCC4)c3)C(CC)CC2C=O)cc1. The Hall–Kier alpha value is -3.35. The van der Waals surface area contributed by atoms with Crippen LogP contribution in [0.2, 0.25) is 0 Å². The molecule has 1 N–H and O–H groups in total. The Labute approximate surface area is 213 Å². The number of carbonyl (C=O) groups is 2. The van der Waals surface area contributed by atoms with E-state index in [4.69, 9.17) is 14.6 Å². The maximum Gasteiger partial charge on any atom is 0.224 e. The molecule has 2 unspecified atom stereocenters. The van der Waals surface area contributed by atoms with Crippen LogP contribution in [-0.4, -0.2) is 42.2 Å². The van der Waals surface area contributed by atoms with Gasteiger partial charge >= 0.3 is 0 Å². The van der Waals surface area contributed by atoms with Gasteiger partial charge in [0.1, 0.15) is 12.3 Å².